The van der Waals surface area contributed by atoms with Gasteiger partial charge in [0.05, 0.1) is 11.1 Å². The number of carbonyl (C=O) groups is 2. The summed E-state index contributed by atoms with van der Waals surface area (Å²) >= 11 is 0. The maximum atomic E-state index is 10.5. The van der Waals surface area contributed by atoms with Crippen LogP contribution in [-0.4, -0.2) is 34.4 Å². The van der Waals surface area contributed by atoms with Gasteiger partial charge in [-0.05, 0) is 18.2 Å². The van der Waals surface area contributed by atoms with Gasteiger partial charge in [-0.2, -0.15) is 0 Å². The number of nitrogens with two attached hydrogens (primary N) is 1. The van der Waals surface area contributed by atoms with Gasteiger partial charge in [-0.25, -0.2) is 9.59 Å². The number of anilines is 1. The van der Waals surface area contributed by atoms with Crippen LogP contribution in [0.5, 0.6) is 0 Å². The number of aromatic carboxylic acids is 2. The molecule has 6 heteroatoms. The second-order valence-electron chi connectivity index (χ2n) is 2.41. The van der Waals surface area contributed by atoms with E-state index in [1.807, 2.05) is 0 Å². The predicted octanol–water partition coefficient (Wildman–Crippen LogP) is 0.274. The minimum absolute atomic E-state index is 0.0255. The fourth-order valence-corrected chi connectivity index (χ4v) is 0.891. The van der Waals surface area contributed by atoms with Gasteiger partial charge in [-0.15, -0.1) is 0 Å². The van der Waals surface area contributed by atoms with Crippen molar-refractivity contribution in [1.82, 2.24) is 0 Å². The Hall–Kier alpha value is -2.08. The van der Waals surface area contributed by atoms with Gasteiger partial charge in [-0.1, -0.05) is 0 Å². The van der Waals surface area contributed by atoms with Gasteiger partial charge >= 0.3 is 11.9 Å². The van der Waals surface area contributed by atoms with E-state index in [1.54, 1.807) is 0 Å². The SMILES string of the molecule is CO.Nc1cc(C(=O)O)ccc1C(=O)O. The minimum Gasteiger partial charge on any atom is -0.478 e. The Morgan fingerprint density at radius 3 is 2.00 bits per heavy atom. The normalized spacial score (nSPS) is 8.67. The lowest BCUT2D eigenvalue weighted by Gasteiger charge is -2.00. The Balaban J connectivity index is 0.000000921. The first-order chi connectivity index (χ1) is 7.02. The lowest BCUT2D eigenvalue weighted by molar-refractivity contribution is 0.0682. The van der Waals surface area contributed by atoms with Gasteiger partial charge in [0.15, 0.2) is 0 Å². The van der Waals surface area contributed by atoms with Crippen molar-refractivity contribution in [2.24, 2.45) is 0 Å². The van der Waals surface area contributed by atoms with Gasteiger partial charge in [-0.3, -0.25) is 0 Å². The molecule has 0 aromatic heterocycles. The maximum Gasteiger partial charge on any atom is 0.337 e. The molecule has 82 valence electrons. The molecule has 0 saturated carbocycles. The van der Waals surface area contributed by atoms with Crippen LogP contribution in [0.2, 0.25) is 0 Å². The molecule has 0 unspecified atom stereocenters. The van der Waals surface area contributed by atoms with Crippen molar-refractivity contribution in [2.45, 2.75) is 0 Å². The molecule has 1 aromatic carbocycles. The number of carboxylic acids is 2. The molecular formula is C9H11NO5. The Labute approximate surface area is 85.6 Å². The molecule has 0 aliphatic rings. The number of aliphatic hydroxyl groups excluding tert-OH is 1. The van der Waals surface area contributed by atoms with Gasteiger partial charge < -0.3 is 21.1 Å². The van der Waals surface area contributed by atoms with Crippen molar-refractivity contribution in [3.05, 3.63) is 29.3 Å². The molecule has 0 radical (unpaired) electrons. The zero-order valence-electron chi connectivity index (χ0n) is 7.97. The van der Waals surface area contributed by atoms with E-state index in [0.717, 1.165) is 13.2 Å². The van der Waals surface area contributed by atoms with E-state index in [-0.39, 0.29) is 16.8 Å². The fourth-order valence-electron chi connectivity index (χ4n) is 0.891. The summed E-state index contributed by atoms with van der Waals surface area (Å²) in [6.45, 7) is 0. The zero-order valence-corrected chi connectivity index (χ0v) is 7.97. The molecule has 0 saturated heterocycles. The Morgan fingerprint density at radius 2 is 1.67 bits per heavy atom. The second-order valence-corrected chi connectivity index (χ2v) is 2.41. The highest BCUT2D eigenvalue weighted by Crippen LogP contribution is 2.13. The summed E-state index contributed by atoms with van der Waals surface area (Å²) in [5, 5.41) is 24.1. The van der Waals surface area contributed by atoms with Crippen molar-refractivity contribution < 1.29 is 24.9 Å². The molecule has 0 amide bonds. The highest BCUT2D eigenvalue weighted by Gasteiger charge is 2.10. The van der Waals surface area contributed by atoms with Crippen LogP contribution in [0, 0.1) is 0 Å². The lowest BCUT2D eigenvalue weighted by Crippen LogP contribution is -2.05. The Kier molecular flexibility index (Phi) is 4.83. The van der Waals surface area contributed by atoms with Crippen LogP contribution in [-0.2, 0) is 0 Å². The third-order valence-electron chi connectivity index (χ3n) is 1.53. The van der Waals surface area contributed by atoms with Gasteiger partial charge in [0.25, 0.3) is 0 Å². The van der Waals surface area contributed by atoms with Crippen molar-refractivity contribution in [3.8, 4) is 0 Å². The van der Waals surface area contributed by atoms with E-state index in [9.17, 15) is 9.59 Å². The number of nitrogen functional groups attached to an aromatic ring is 1. The largest absolute Gasteiger partial charge is 0.478 e. The van der Waals surface area contributed by atoms with Crippen LogP contribution in [0.4, 0.5) is 5.69 Å². The van der Waals surface area contributed by atoms with Gasteiger partial charge in [0.2, 0.25) is 0 Å². The van der Waals surface area contributed by atoms with E-state index in [1.165, 1.54) is 12.1 Å². The maximum absolute atomic E-state index is 10.5. The first kappa shape index (κ1) is 12.9. The minimum atomic E-state index is -1.17. The van der Waals surface area contributed by atoms with Crippen LogP contribution in [0.1, 0.15) is 20.7 Å². The molecule has 0 spiro atoms. The van der Waals surface area contributed by atoms with Crippen LogP contribution >= 0.6 is 0 Å². The van der Waals surface area contributed by atoms with E-state index < -0.39 is 11.9 Å². The molecule has 0 heterocycles. The van der Waals surface area contributed by atoms with E-state index in [0.29, 0.717) is 0 Å². The van der Waals surface area contributed by atoms with Crippen LogP contribution < -0.4 is 5.73 Å². The summed E-state index contributed by atoms with van der Waals surface area (Å²) in [7, 11) is 1.00. The third-order valence-corrected chi connectivity index (χ3v) is 1.53. The second kappa shape index (κ2) is 5.61. The van der Waals surface area contributed by atoms with Gasteiger partial charge in [0, 0.05) is 12.8 Å². The van der Waals surface area contributed by atoms with Crippen LogP contribution in [0.15, 0.2) is 18.2 Å². The Bertz CT molecular complexity index is 375. The first-order valence-corrected chi connectivity index (χ1v) is 3.83. The number of aliphatic hydroxyl groups is 1. The van der Waals surface area contributed by atoms with Crippen molar-refractivity contribution in [2.75, 3.05) is 12.8 Å². The molecule has 0 aliphatic carbocycles. The summed E-state index contributed by atoms with van der Waals surface area (Å²) in [4.78, 5) is 20.9. The van der Waals surface area contributed by atoms with E-state index in [2.05, 4.69) is 0 Å². The monoisotopic (exact) mass is 213 g/mol. The lowest BCUT2D eigenvalue weighted by atomic mass is 10.1. The first-order valence-electron chi connectivity index (χ1n) is 3.83. The average molecular weight is 213 g/mol. The summed E-state index contributed by atoms with van der Waals surface area (Å²) in [5.41, 5.74) is 5.15. The molecule has 6 nitrogen and oxygen atoms in total. The summed E-state index contributed by atoms with van der Waals surface area (Å²) in [6, 6.07) is 3.48. The van der Waals surface area contributed by atoms with Gasteiger partial charge in [0.1, 0.15) is 0 Å². The number of hydrogen-bond donors (Lipinski definition) is 4. The molecule has 0 bridgehead atoms. The topological polar surface area (TPSA) is 121 Å². The Morgan fingerprint density at radius 1 is 1.13 bits per heavy atom. The highest BCUT2D eigenvalue weighted by atomic mass is 16.4. The average Bonchev–Trinajstić information content (AvgIpc) is 2.20. The molecular weight excluding hydrogens is 202 g/mol. The molecule has 15 heavy (non-hydrogen) atoms. The van der Waals surface area contributed by atoms with Crippen molar-refractivity contribution >= 4 is 17.6 Å². The highest BCUT2D eigenvalue weighted by molar-refractivity contribution is 5.96. The standard InChI is InChI=1S/C8H7NO4.CH4O/c9-6-3-4(7(10)11)1-2-5(6)8(12)13;1-2/h1-3H,9H2,(H,10,11)(H,12,13);2H,1H3. The van der Waals surface area contributed by atoms with E-state index in [4.69, 9.17) is 21.1 Å². The molecule has 0 fully saturated rings. The molecule has 0 aliphatic heterocycles. The summed E-state index contributed by atoms with van der Waals surface area (Å²) < 4.78 is 0. The smallest absolute Gasteiger partial charge is 0.337 e. The molecule has 0 atom stereocenters. The summed E-state index contributed by atoms with van der Waals surface area (Å²) in [5.74, 6) is -2.31. The number of carboxylic acid groups (broad SMARTS) is 2. The van der Waals surface area contributed by atoms with Crippen LogP contribution in [0.25, 0.3) is 0 Å². The van der Waals surface area contributed by atoms with Crippen molar-refractivity contribution in [3.63, 3.8) is 0 Å². The van der Waals surface area contributed by atoms with Crippen LogP contribution in [0.3, 0.4) is 0 Å². The fraction of sp³-hybridized carbons (Fsp3) is 0.111. The molecule has 1 rings (SSSR count). The number of hydrogen-bond acceptors (Lipinski definition) is 4. The summed E-state index contributed by atoms with van der Waals surface area (Å²) in [6.07, 6.45) is 0. The zero-order chi connectivity index (χ0) is 12.0. The van der Waals surface area contributed by atoms with Crippen molar-refractivity contribution in [1.29, 1.82) is 0 Å². The van der Waals surface area contributed by atoms with E-state index >= 15 is 0 Å². The quantitative estimate of drug-likeness (QED) is 0.523. The number of benzene rings is 1. The third kappa shape index (κ3) is 3.28. The molecule has 1 aromatic rings. The molecule has 5 N–H and O–H groups in total. The predicted molar refractivity (Wildman–Crippen MR) is 52.9 cm³/mol. The number of rotatable bonds is 2.